The fraction of sp³-hybridized carbons (Fsp3) is 0.360. The minimum Gasteiger partial charge on any atom is -0.454 e. The molecule has 0 fully saturated rings. The van der Waals surface area contributed by atoms with Crippen molar-refractivity contribution in [1.82, 2.24) is 20.2 Å². The van der Waals surface area contributed by atoms with Crippen molar-refractivity contribution in [2.45, 2.75) is 46.3 Å². The number of nitrogens with one attached hydrogen (secondary N) is 2. The van der Waals surface area contributed by atoms with Crippen LogP contribution in [0.2, 0.25) is 0 Å². The summed E-state index contributed by atoms with van der Waals surface area (Å²) in [6, 6.07) is 8.00. The Morgan fingerprint density at radius 1 is 1.18 bits per heavy atom. The van der Waals surface area contributed by atoms with Crippen molar-refractivity contribution in [3.8, 4) is 11.5 Å². The van der Waals surface area contributed by atoms with Crippen molar-refractivity contribution in [2.75, 3.05) is 6.79 Å². The Balaban J connectivity index is 1.61. The smallest absolute Gasteiger partial charge is 0.257 e. The van der Waals surface area contributed by atoms with Crippen LogP contribution < -0.4 is 25.5 Å². The zero-order chi connectivity index (χ0) is 24.2. The van der Waals surface area contributed by atoms with Crippen molar-refractivity contribution < 1.29 is 19.1 Å². The molecule has 1 unspecified atom stereocenters. The lowest BCUT2D eigenvalue weighted by atomic mass is 9.97. The Bertz CT molecular complexity index is 1270. The molecule has 2 aromatic heterocycles. The number of aryl methyl sites for hydroxylation is 1. The van der Waals surface area contributed by atoms with Gasteiger partial charge in [-0.15, -0.1) is 0 Å². The van der Waals surface area contributed by atoms with Crippen molar-refractivity contribution in [1.29, 1.82) is 0 Å². The Hall–Kier alpha value is -3.88. The molecular formula is C25H28N4O5. The number of aromatic nitrogens is 2. The van der Waals surface area contributed by atoms with Crippen molar-refractivity contribution in [2.24, 2.45) is 5.92 Å². The molecule has 2 atom stereocenters. The van der Waals surface area contributed by atoms with Crippen LogP contribution in [0.3, 0.4) is 0 Å². The van der Waals surface area contributed by atoms with E-state index >= 15 is 0 Å². The molecule has 1 aliphatic rings. The number of nitrogens with zero attached hydrogens (tertiary/aromatic N) is 2. The normalized spacial score (nSPS) is 14.0. The number of pyridine rings is 2. The van der Waals surface area contributed by atoms with Gasteiger partial charge < -0.3 is 24.7 Å². The van der Waals surface area contributed by atoms with Gasteiger partial charge in [0.1, 0.15) is 11.6 Å². The van der Waals surface area contributed by atoms with E-state index in [4.69, 9.17) is 9.47 Å². The van der Waals surface area contributed by atoms with Gasteiger partial charge in [-0.25, -0.2) is 0 Å². The molecule has 0 saturated heterocycles. The lowest BCUT2D eigenvalue weighted by Gasteiger charge is -2.23. The summed E-state index contributed by atoms with van der Waals surface area (Å²) in [4.78, 5) is 43.7. The summed E-state index contributed by atoms with van der Waals surface area (Å²) >= 11 is 0. The van der Waals surface area contributed by atoms with E-state index in [-0.39, 0.29) is 30.7 Å². The minimum absolute atomic E-state index is 0.0287. The van der Waals surface area contributed by atoms with Crippen LogP contribution in [0, 0.1) is 5.92 Å². The molecule has 9 heteroatoms. The van der Waals surface area contributed by atoms with E-state index in [1.165, 1.54) is 6.20 Å². The molecule has 2 N–H and O–H groups in total. The van der Waals surface area contributed by atoms with E-state index in [0.717, 1.165) is 0 Å². The highest BCUT2D eigenvalue weighted by molar-refractivity contribution is 6.00. The molecule has 2 amide bonds. The summed E-state index contributed by atoms with van der Waals surface area (Å²) in [7, 11) is 0. The Morgan fingerprint density at radius 2 is 1.94 bits per heavy atom. The third-order valence-corrected chi connectivity index (χ3v) is 6.11. The van der Waals surface area contributed by atoms with E-state index in [9.17, 15) is 14.4 Å². The molecule has 0 radical (unpaired) electrons. The number of amides is 2. The topological polar surface area (TPSA) is 112 Å². The monoisotopic (exact) mass is 464 g/mol. The number of carbonyl (C=O) groups is 2. The van der Waals surface area contributed by atoms with E-state index in [0.29, 0.717) is 41.1 Å². The standard InChI is InChI=1S/C25H28N4O5/c1-4-15(3)22(25(32)27-12-16-8-6-7-9-26-16)28-24(31)18-13-29(5-2)19-11-21-20(33-14-34-21)10-17(19)23(18)30/h6-11,13,15,22H,4-5,12,14H2,1-3H3,(H,27,32)(H,28,31)/t15?,22-/m1/s1. The molecule has 0 saturated carbocycles. The highest BCUT2D eigenvalue weighted by atomic mass is 16.7. The maximum Gasteiger partial charge on any atom is 0.257 e. The lowest BCUT2D eigenvalue weighted by molar-refractivity contribution is -0.124. The number of hydrogen-bond donors (Lipinski definition) is 2. The number of rotatable bonds is 8. The average Bonchev–Trinajstić information content (AvgIpc) is 3.33. The Labute approximate surface area is 197 Å². The first-order valence-corrected chi connectivity index (χ1v) is 11.4. The number of carbonyl (C=O) groups excluding carboxylic acids is 2. The second kappa shape index (κ2) is 9.94. The first-order chi connectivity index (χ1) is 16.4. The van der Waals surface area contributed by atoms with E-state index < -0.39 is 17.4 Å². The first-order valence-electron chi connectivity index (χ1n) is 11.4. The lowest BCUT2D eigenvalue weighted by Crippen LogP contribution is -2.50. The van der Waals surface area contributed by atoms with Gasteiger partial charge in [0.2, 0.25) is 18.1 Å². The molecule has 0 bridgehead atoms. The summed E-state index contributed by atoms with van der Waals surface area (Å²) in [5, 5.41) is 5.98. The molecule has 3 aromatic rings. The summed E-state index contributed by atoms with van der Waals surface area (Å²) in [5.74, 6) is -0.0300. The van der Waals surface area contributed by atoms with Crippen LogP contribution in [0.1, 0.15) is 43.2 Å². The van der Waals surface area contributed by atoms with Gasteiger partial charge in [-0.05, 0) is 31.0 Å². The van der Waals surface area contributed by atoms with Crippen molar-refractivity contribution in [3.63, 3.8) is 0 Å². The number of ether oxygens (including phenoxy) is 2. The van der Waals surface area contributed by atoms with Crippen LogP contribution in [-0.4, -0.2) is 34.2 Å². The zero-order valence-corrected chi connectivity index (χ0v) is 19.5. The predicted molar refractivity (Wildman–Crippen MR) is 127 cm³/mol. The van der Waals surface area contributed by atoms with E-state index in [2.05, 4.69) is 15.6 Å². The Morgan fingerprint density at radius 3 is 2.62 bits per heavy atom. The summed E-state index contributed by atoms with van der Waals surface area (Å²) in [6.07, 6.45) is 3.85. The maximum absolute atomic E-state index is 13.3. The molecule has 4 rings (SSSR count). The summed E-state index contributed by atoms with van der Waals surface area (Å²) in [5.41, 5.74) is 0.912. The van der Waals surface area contributed by atoms with E-state index in [1.54, 1.807) is 24.4 Å². The highest BCUT2D eigenvalue weighted by Gasteiger charge is 2.28. The van der Waals surface area contributed by atoms with Gasteiger partial charge in [-0.1, -0.05) is 26.3 Å². The molecule has 1 aliphatic heterocycles. The van der Waals surface area contributed by atoms with Crippen LogP contribution in [-0.2, 0) is 17.9 Å². The first kappa shape index (κ1) is 23.3. The number of fused-ring (bicyclic) bond motifs is 2. The van der Waals surface area contributed by atoms with Crippen LogP contribution in [0.4, 0.5) is 0 Å². The van der Waals surface area contributed by atoms with Gasteiger partial charge in [-0.2, -0.15) is 0 Å². The molecule has 34 heavy (non-hydrogen) atoms. The van der Waals surface area contributed by atoms with E-state index in [1.807, 2.05) is 37.5 Å². The van der Waals surface area contributed by atoms with Crippen LogP contribution >= 0.6 is 0 Å². The molecule has 0 spiro atoms. The van der Waals surface area contributed by atoms with Gasteiger partial charge in [0.15, 0.2) is 11.5 Å². The SMILES string of the molecule is CCC(C)[C@@H](NC(=O)c1cn(CC)c2cc3c(cc2c1=O)OCO3)C(=O)NCc1ccccn1. The van der Waals surface area contributed by atoms with Crippen LogP contribution in [0.5, 0.6) is 11.5 Å². The fourth-order valence-corrected chi connectivity index (χ4v) is 3.91. The average molecular weight is 465 g/mol. The summed E-state index contributed by atoms with van der Waals surface area (Å²) in [6.45, 7) is 6.62. The van der Waals surface area contributed by atoms with Gasteiger partial charge in [0, 0.05) is 25.0 Å². The number of hydrogen-bond acceptors (Lipinski definition) is 6. The third-order valence-electron chi connectivity index (χ3n) is 6.11. The molecule has 1 aromatic carbocycles. The van der Waals surface area contributed by atoms with Gasteiger partial charge in [0.05, 0.1) is 23.1 Å². The van der Waals surface area contributed by atoms with Crippen molar-refractivity contribution >= 4 is 22.7 Å². The highest BCUT2D eigenvalue weighted by Crippen LogP contribution is 2.35. The molecule has 0 aliphatic carbocycles. The molecular weight excluding hydrogens is 436 g/mol. The minimum atomic E-state index is -0.803. The largest absolute Gasteiger partial charge is 0.454 e. The van der Waals surface area contributed by atoms with Crippen LogP contribution in [0.15, 0.2) is 47.5 Å². The quantitative estimate of drug-likeness (QED) is 0.530. The predicted octanol–water partition coefficient (Wildman–Crippen LogP) is 2.61. The molecule has 9 nitrogen and oxygen atoms in total. The van der Waals surface area contributed by atoms with Gasteiger partial charge >= 0.3 is 0 Å². The summed E-state index contributed by atoms with van der Waals surface area (Å²) < 4.78 is 12.7. The number of benzene rings is 1. The molecule has 178 valence electrons. The second-order valence-corrected chi connectivity index (χ2v) is 8.26. The van der Waals surface area contributed by atoms with Crippen LogP contribution in [0.25, 0.3) is 10.9 Å². The third kappa shape index (κ3) is 4.59. The molecule has 3 heterocycles. The van der Waals surface area contributed by atoms with Gasteiger partial charge in [0.25, 0.3) is 5.91 Å². The zero-order valence-electron chi connectivity index (χ0n) is 19.5. The maximum atomic E-state index is 13.3. The van der Waals surface area contributed by atoms with Crippen molar-refractivity contribution in [3.05, 3.63) is 64.2 Å². The fourth-order valence-electron chi connectivity index (χ4n) is 3.91. The second-order valence-electron chi connectivity index (χ2n) is 8.26. The van der Waals surface area contributed by atoms with Gasteiger partial charge in [-0.3, -0.25) is 19.4 Å². The Kier molecular flexibility index (Phi) is 6.81.